The Balaban J connectivity index is 1.86. The summed E-state index contributed by atoms with van der Waals surface area (Å²) in [5.74, 6) is 0.604. The maximum Gasteiger partial charge on any atom is 0.261 e. The zero-order valence-corrected chi connectivity index (χ0v) is 17.6. The monoisotopic (exact) mass is 435 g/mol. The topological polar surface area (TPSA) is 81.2 Å². The van der Waals surface area contributed by atoms with Gasteiger partial charge >= 0.3 is 0 Å². The van der Waals surface area contributed by atoms with Gasteiger partial charge in [0, 0.05) is 23.5 Å². The SMILES string of the molecule is CC(C)Oc1ccc(S(=O)(=O)Nc2cc(Cl)cnc2Sc2ccncc2)cc1. The third kappa shape index (κ3) is 5.37. The molecule has 3 rings (SSSR count). The highest BCUT2D eigenvalue weighted by Gasteiger charge is 2.18. The molecular weight excluding hydrogens is 418 g/mol. The maximum absolute atomic E-state index is 12.8. The lowest BCUT2D eigenvalue weighted by atomic mass is 10.3. The third-order valence-corrected chi connectivity index (χ3v) is 6.05. The lowest BCUT2D eigenvalue weighted by Gasteiger charge is -2.13. The van der Waals surface area contributed by atoms with Gasteiger partial charge in [-0.2, -0.15) is 0 Å². The van der Waals surface area contributed by atoms with Gasteiger partial charge in [0.15, 0.2) is 0 Å². The molecule has 2 heterocycles. The number of halogens is 1. The molecule has 0 unspecified atom stereocenters. The van der Waals surface area contributed by atoms with Crippen LogP contribution in [0.5, 0.6) is 5.75 Å². The van der Waals surface area contributed by atoms with E-state index in [1.807, 2.05) is 26.0 Å². The molecule has 0 bridgehead atoms. The molecule has 6 nitrogen and oxygen atoms in total. The van der Waals surface area contributed by atoms with E-state index in [-0.39, 0.29) is 11.0 Å². The molecule has 0 fully saturated rings. The molecule has 2 aromatic heterocycles. The number of benzene rings is 1. The quantitative estimate of drug-likeness (QED) is 0.570. The van der Waals surface area contributed by atoms with E-state index in [1.54, 1.807) is 24.5 Å². The normalized spacial score (nSPS) is 11.4. The van der Waals surface area contributed by atoms with Crippen LogP contribution in [0.2, 0.25) is 5.02 Å². The summed E-state index contributed by atoms with van der Waals surface area (Å²) in [7, 11) is -3.82. The molecule has 0 amide bonds. The standard InChI is InChI=1S/C19H18ClN3O3S2/c1-13(2)26-15-3-5-17(6-4-15)28(24,25)23-18-11-14(20)12-22-19(18)27-16-7-9-21-10-8-16/h3-13,23H,1-2H3. The highest BCUT2D eigenvalue weighted by atomic mass is 35.5. The van der Waals surface area contributed by atoms with Crippen LogP contribution in [0, 0.1) is 0 Å². The number of nitrogens with one attached hydrogen (secondary N) is 1. The average Bonchev–Trinajstić information content (AvgIpc) is 2.64. The van der Waals surface area contributed by atoms with Crippen LogP contribution < -0.4 is 9.46 Å². The molecule has 0 saturated heterocycles. The summed E-state index contributed by atoms with van der Waals surface area (Å²) in [5.41, 5.74) is 0.303. The summed E-state index contributed by atoms with van der Waals surface area (Å²) in [6.45, 7) is 3.81. The molecule has 0 spiro atoms. The van der Waals surface area contributed by atoms with Gasteiger partial charge in [0.05, 0.1) is 21.7 Å². The number of nitrogens with zero attached hydrogens (tertiary/aromatic N) is 2. The van der Waals surface area contributed by atoms with Crippen LogP contribution >= 0.6 is 23.4 Å². The fourth-order valence-electron chi connectivity index (χ4n) is 2.27. The maximum atomic E-state index is 12.8. The fourth-order valence-corrected chi connectivity index (χ4v) is 4.36. The Kier molecular flexibility index (Phi) is 6.43. The summed E-state index contributed by atoms with van der Waals surface area (Å²) >= 11 is 7.34. The Bertz CT molecular complexity index is 1040. The minimum atomic E-state index is -3.82. The van der Waals surface area contributed by atoms with Crippen molar-refractivity contribution in [1.82, 2.24) is 9.97 Å². The Hall–Kier alpha value is -2.29. The number of aromatic nitrogens is 2. The predicted octanol–water partition coefficient (Wildman–Crippen LogP) is 4.87. The first kappa shape index (κ1) is 20.4. The van der Waals surface area contributed by atoms with Gasteiger partial charge in [0.1, 0.15) is 10.8 Å². The van der Waals surface area contributed by atoms with Gasteiger partial charge < -0.3 is 4.74 Å². The van der Waals surface area contributed by atoms with Crippen LogP contribution in [-0.2, 0) is 10.0 Å². The van der Waals surface area contributed by atoms with Crippen molar-refractivity contribution in [2.75, 3.05) is 4.72 Å². The van der Waals surface area contributed by atoms with Crippen molar-refractivity contribution < 1.29 is 13.2 Å². The molecule has 1 aromatic carbocycles. The molecule has 0 aliphatic heterocycles. The second kappa shape index (κ2) is 8.81. The van der Waals surface area contributed by atoms with Crippen LogP contribution in [0.25, 0.3) is 0 Å². The van der Waals surface area contributed by atoms with Crippen molar-refractivity contribution in [3.63, 3.8) is 0 Å². The second-order valence-electron chi connectivity index (χ2n) is 6.03. The molecule has 0 aliphatic rings. The molecule has 9 heteroatoms. The number of hydrogen-bond acceptors (Lipinski definition) is 6. The van der Waals surface area contributed by atoms with Crippen molar-refractivity contribution in [2.24, 2.45) is 0 Å². The third-order valence-electron chi connectivity index (χ3n) is 3.43. The van der Waals surface area contributed by atoms with Crippen LogP contribution in [0.15, 0.2) is 75.9 Å². The van der Waals surface area contributed by atoms with Crippen molar-refractivity contribution in [2.45, 2.75) is 34.8 Å². The lowest BCUT2D eigenvalue weighted by Crippen LogP contribution is -2.14. The average molecular weight is 436 g/mol. The Morgan fingerprint density at radius 3 is 2.43 bits per heavy atom. The summed E-state index contributed by atoms with van der Waals surface area (Å²) < 4.78 is 33.7. The lowest BCUT2D eigenvalue weighted by molar-refractivity contribution is 0.242. The summed E-state index contributed by atoms with van der Waals surface area (Å²) in [4.78, 5) is 9.22. The Morgan fingerprint density at radius 2 is 1.79 bits per heavy atom. The summed E-state index contributed by atoms with van der Waals surface area (Å²) in [5, 5.41) is 0.816. The highest BCUT2D eigenvalue weighted by Crippen LogP contribution is 2.34. The van der Waals surface area contributed by atoms with E-state index in [2.05, 4.69) is 14.7 Å². The van der Waals surface area contributed by atoms with E-state index in [1.165, 1.54) is 36.2 Å². The van der Waals surface area contributed by atoms with E-state index < -0.39 is 10.0 Å². The molecule has 0 saturated carbocycles. The molecule has 0 aliphatic carbocycles. The fraction of sp³-hybridized carbons (Fsp3) is 0.158. The molecule has 146 valence electrons. The van der Waals surface area contributed by atoms with Crippen LogP contribution in [0.3, 0.4) is 0 Å². The number of pyridine rings is 2. The number of sulfonamides is 1. The minimum Gasteiger partial charge on any atom is -0.491 e. The molecule has 28 heavy (non-hydrogen) atoms. The largest absolute Gasteiger partial charge is 0.491 e. The molecular formula is C19H18ClN3O3S2. The van der Waals surface area contributed by atoms with Crippen molar-refractivity contribution >= 4 is 39.1 Å². The van der Waals surface area contributed by atoms with E-state index in [9.17, 15) is 8.42 Å². The van der Waals surface area contributed by atoms with Crippen molar-refractivity contribution in [1.29, 1.82) is 0 Å². The number of ether oxygens (including phenoxy) is 1. The zero-order chi connectivity index (χ0) is 20.1. The molecule has 1 N–H and O–H groups in total. The van der Waals surface area contributed by atoms with Gasteiger partial charge in [-0.25, -0.2) is 13.4 Å². The summed E-state index contributed by atoms with van der Waals surface area (Å²) in [6, 6.07) is 11.4. The van der Waals surface area contributed by atoms with Gasteiger partial charge in [0.2, 0.25) is 0 Å². The highest BCUT2D eigenvalue weighted by molar-refractivity contribution is 7.99. The molecule has 3 aromatic rings. The van der Waals surface area contributed by atoms with Gasteiger partial charge in [-0.1, -0.05) is 23.4 Å². The van der Waals surface area contributed by atoms with Crippen molar-refractivity contribution in [3.05, 3.63) is 66.1 Å². The first-order valence-electron chi connectivity index (χ1n) is 8.36. The second-order valence-corrected chi connectivity index (χ2v) is 9.22. The van der Waals surface area contributed by atoms with Gasteiger partial charge in [0.25, 0.3) is 10.0 Å². The molecule has 0 atom stereocenters. The minimum absolute atomic E-state index is 0.00545. The van der Waals surface area contributed by atoms with E-state index >= 15 is 0 Å². The van der Waals surface area contributed by atoms with Crippen LogP contribution in [0.4, 0.5) is 5.69 Å². The van der Waals surface area contributed by atoms with Gasteiger partial charge in [-0.3, -0.25) is 9.71 Å². The van der Waals surface area contributed by atoms with E-state index in [4.69, 9.17) is 16.3 Å². The summed E-state index contributed by atoms with van der Waals surface area (Å²) in [6.07, 6.45) is 4.79. The predicted molar refractivity (Wildman–Crippen MR) is 111 cm³/mol. The van der Waals surface area contributed by atoms with Crippen LogP contribution in [0.1, 0.15) is 13.8 Å². The van der Waals surface area contributed by atoms with Gasteiger partial charge in [-0.15, -0.1) is 0 Å². The number of anilines is 1. The van der Waals surface area contributed by atoms with E-state index in [0.29, 0.717) is 21.5 Å². The Labute approximate surface area is 173 Å². The first-order chi connectivity index (χ1) is 13.3. The van der Waals surface area contributed by atoms with Crippen molar-refractivity contribution in [3.8, 4) is 5.75 Å². The zero-order valence-electron chi connectivity index (χ0n) is 15.2. The smallest absolute Gasteiger partial charge is 0.261 e. The van der Waals surface area contributed by atoms with Crippen LogP contribution in [-0.4, -0.2) is 24.5 Å². The number of hydrogen-bond donors (Lipinski definition) is 1. The first-order valence-corrected chi connectivity index (χ1v) is 11.0. The van der Waals surface area contributed by atoms with Gasteiger partial charge in [-0.05, 0) is 56.3 Å². The van der Waals surface area contributed by atoms with E-state index in [0.717, 1.165) is 4.90 Å². The Morgan fingerprint density at radius 1 is 1.11 bits per heavy atom. The number of rotatable bonds is 7. The molecule has 0 radical (unpaired) electrons.